The van der Waals surface area contributed by atoms with E-state index in [1.165, 1.54) is 0 Å². The molecule has 86 valence electrons. The number of carbonyl (C=O) groups is 1. The van der Waals surface area contributed by atoms with Crippen molar-refractivity contribution >= 4 is 21.8 Å². The molecule has 2 nitrogen and oxygen atoms in total. The van der Waals surface area contributed by atoms with Crippen LogP contribution in [-0.2, 0) is 4.79 Å². The smallest absolute Gasteiger partial charge is 0.231 e. The first-order chi connectivity index (χ1) is 6.62. The quantitative estimate of drug-likeness (QED) is 0.608. The fourth-order valence-corrected chi connectivity index (χ4v) is 2.21. The van der Waals surface area contributed by atoms with E-state index in [0.29, 0.717) is 6.42 Å². The van der Waals surface area contributed by atoms with E-state index in [9.17, 15) is 4.79 Å². The van der Waals surface area contributed by atoms with Crippen LogP contribution >= 0.6 is 15.9 Å². The van der Waals surface area contributed by atoms with E-state index in [-0.39, 0.29) is 21.6 Å². The van der Waals surface area contributed by atoms with Gasteiger partial charge in [-0.15, -0.1) is 12.3 Å². The van der Waals surface area contributed by atoms with Crippen LogP contribution in [0.4, 0.5) is 0 Å². The molecular formula is C12H20BrNO. The molecule has 1 unspecified atom stereocenters. The van der Waals surface area contributed by atoms with Gasteiger partial charge >= 0.3 is 0 Å². The molecule has 0 radical (unpaired) electrons. The Morgan fingerprint density at radius 3 is 2.27 bits per heavy atom. The maximum Gasteiger partial charge on any atom is 0.231 e. The molecule has 0 aromatic carbocycles. The molecule has 3 heteroatoms. The van der Waals surface area contributed by atoms with Crippen LogP contribution in [-0.4, -0.2) is 10.7 Å². The molecule has 0 aromatic heterocycles. The van der Waals surface area contributed by atoms with Crippen LogP contribution in [0.3, 0.4) is 0 Å². The third-order valence-electron chi connectivity index (χ3n) is 2.45. The predicted molar refractivity (Wildman–Crippen MR) is 67.5 cm³/mol. The minimum absolute atomic E-state index is 0.0275. The summed E-state index contributed by atoms with van der Waals surface area (Å²) in [5.74, 6) is 2.34. The number of alkyl halides is 1. The van der Waals surface area contributed by atoms with Crippen LogP contribution < -0.4 is 5.73 Å². The summed E-state index contributed by atoms with van der Waals surface area (Å²) in [6.45, 7) is 8.26. The number of hydrogen-bond acceptors (Lipinski definition) is 1. The zero-order chi connectivity index (χ0) is 12.3. The topological polar surface area (TPSA) is 43.1 Å². The van der Waals surface area contributed by atoms with E-state index in [1.807, 2.05) is 13.8 Å². The minimum atomic E-state index is -0.323. The summed E-state index contributed by atoms with van der Waals surface area (Å²) in [7, 11) is 0. The Hall–Kier alpha value is -0.490. The van der Waals surface area contributed by atoms with Crippen molar-refractivity contribution in [2.45, 2.75) is 45.4 Å². The van der Waals surface area contributed by atoms with Crippen molar-refractivity contribution < 1.29 is 4.79 Å². The molecule has 0 rings (SSSR count). The van der Waals surface area contributed by atoms with E-state index in [1.54, 1.807) is 0 Å². The first-order valence-electron chi connectivity index (χ1n) is 4.99. The molecule has 0 aliphatic carbocycles. The van der Waals surface area contributed by atoms with Crippen LogP contribution in [0.1, 0.15) is 40.5 Å². The second kappa shape index (κ2) is 5.03. The summed E-state index contributed by atoms with van der Waals surface area (Å²) in [6.07, 6.45) is 6.87. The van der Waals surface area contributed by atoms with E-state index in [2.05, 4.69) is 35.7 Å². The molecule has 0 fully saturated rings. The van der Waals surface area contributed by atoms with Crippen LogP contribution in [0, 0.1) is 23.2 Å². The average Bonchev–Trinajstić information content (AvgIpc) is 2.00. The number of terminal acetylenes is 1. The first kappa shape index (κ1) is 14.5. The number of hydrogen-bond donors (Lipinski definition) is 1. The highest BCUT2D eigenvalue weighted by molar-refractivity contribution is 9.10. The zero-order valence-electron chi connectivity index (χ0n) is 9.93. The summed E-state index contributed by atoms with van der Waals surface area (Å²) in [6, 6.07) is 0. The largest absolute Gasteiger partial charge is 0.369 e. The van der Waals surface area contributed by atoms with Crippen molar-refractivity contribution in [2.24, 2.45) is 16.6 Å². The van der Waals surface area contributed by atoms with Gasteiger partial charge in [0.1, 0.15) is 0 Å². The molecule has 0 aromatic rings. The normalized spacial score (nSPS) is 14.4. The number of nitrogens with two attached hydrogens (primary N) is 1. The molecular weight excluding hydrogens is 254 g/mol. The lowest BCUT2D eigenvalue weighted by Gasteiger charge is -2.36. The zero-order valence-corrected chi connectivity index (χ0v) is 11.5. The van der Waals surface area contributed by atoms with Gasteiger partial charge in [-0.25, -0.2) is 0 Å². The molecule has 0 saturated carbocycles. The Bertz CT molecular complexity index is 276. The highest BCUT2D eigenvalue weighted by atomic mass is 79.9. The Kier molecular flexibility index (Phi) is 4.86. The maximum absolute atomic E-state index is 11.1. The third-order valence-corrected chi connectivity index (χ3v) is 4.14. The summed E-state index contributed by atoms with van der Waals surface area (Å²) in [4.78, 5) is 10.8. The van der Waals surface area contributed by atoms with Crippen LogP contribution in [0.25, 0.3) is 0 Å². The molecule has 2 N–H and O–H groups in total. The maximum atomic E-state index is 11.1. The second-order valence-electron chi connectivity index (χ2n) is 5.48. The van der Waals surface area contributed by atoms with E-state index in [0.717, 1.165) is 6.42 Å². The Balaban J connectivity index is 4.64. The standard InChI is InChI=1S/C12H20BrNO/c1-6-7-11(2,3)8-12(4,5)9(13)10(14)15/h1,9H,7-8H2,2-5H3,(H2,14,15). The fourth-order valence-electron chi connectivity index (χ4n) is 2.05. The summed E-state index contributed by atoms with van der Waals surface area (Å²) in [5, 5.41) is 0. The Labute approximate surface area is 101 Å². The SMILES string of the molecule is C#CCC(C)(C)CC(C)(C)C(Br)C(N)=O. The number of primary amides is 1. The van der Waals surface area contributed by atoms with Gasteiger partial charge in [-0.3, -0.25) is 4.79 Å². The third kappa shape index (κ3) is 4.70. The molecule has 1 atom stereocenters. The lowest BCUT2D eigenvalue weighted by Crippen LogP contribution is -2.39. The van der Waals surface area contributed by atoms with Crippen molar-refractivity contribution in [1.82, 2.24) is 0 Å². The number of amides is 1. The molecule has 1 amide bonds. The van der Waals surface area contributed by atoms with Gasteiger partial charge < -0.3 is 5.73 Å². The summed E-state index contributed by atoms with van der Waals surface area (Å²) >= 11 is 3.34. The van der Waals surface area contributed by atoms with Gasteiger partial charge in [-0.1, -0.05) is 43.6 Å². The molecule has 0 bridgehead atoms. The van der Waals surface area contributed by atoms with Gasteiger partial charge in [0.2, 0.25) is 5.91 Å². The van der Waals surface area contributed by atoms with Crippen LogP contribution in [0.2, 0.25) is 0 Å². The Morgan fingerprint density at radius 2 is 1.93 bits per heavy atom. The van der Waals surface area contributed by atoms with Crippen molar-refractivity contribution in [3.8, 4) is 12.3 Å². The molecule has 0 aliphatic heterocycles. The monoisotopic (exact) mass is 273 g/mol. The van der Waals surface area contributed by atoms with Gasteiger partial charge in [0.05, 0.1) is 4.83 Å². The van der Waals surface area contributed by atoms with Gasteiger partial charge in [0.25, 0.3) is 0 Å². The highest BCUT2D eigenvalue weighted by Gasteiger charge is 2.36. The first-order valence-corrected chi connectivity index (χ1v) is 5.91. The van der Waals surface area contributed by atoms with Crippen molar-refractivity contribution in [3.63, 3.8) is 0 Å². The van der Waals surface area contributed by atoms with E-state index >= 15 is 0 Å². The predicted octanol–water partition coefficient (Wildman–Crippen LogP) is 2.70. The summed E-state index contributed by atoms with van der Waals surface area (Å²) < 4.78 is 0. The van der Waals surface area contributed by atoms with Crippen LogP contribution in [0.15, 0.2) is 0 Å². The minimum Gasteiger partial charge on any atom is -0.369 e. The van der Waals surface area contributed by atoms with Crippen molar-refractivity contribution in [3.05, 3.63) is 0 Å². The number of carbonyl (C=O) groups excluding carboxylic acids is 1. The molecule has 15 heavy (non-hydrogen) atoms. The number of halogens is 1. The average molecular weight is 274 g/mol. The number of rotatable bonds is 5. The van der Waals surface area contributed by atoms with Gasteiger partial charge in [-0.05, 0) is 17.3 Å². The second-order valence-corrected chi connectivity index (χ2v) is 6.39. The van der Waals surface area contributed by atoms with Crippen LogP contribution in [0.5, 0.6) is 0 Å². The van der Waals surface area contributed by atoms with Gasteiger partial charge in [0.15, 0.2) is 0 Å². The highest BCUT2D eigenvalue weighted by Crippen LogP contribution is 2.40. The summed E-state index contributed by atoms with van der Waals surface area (Å²) in [5.41, 5.74) is 5.13. The van der Waals surface area contributed by atoms with E-state index in [4.69, 9.17) is 12.2 Å². The molecule has 0 spiro atoms. The van der Waals surface area contributed by atoms with Gasteiger partial charge in [-0.2, -0.15) is 0 Å². The molecule has 0 heterocycles. The Morgan fingerprint density at radius 1 is 1.47 bits per heavy atom. The lowest BCUT2D eigenvalue weighted by molar-refractivity contribution is -0.119. The van der Waals surface area contributed by atoms with Crippen molar-refractivity contribution in [2.75, 3.05) is 0 Å². The fraction of sp³-hybridized carbons (Fsp3) is 0.750. The van der Waals surface area contributed by atoms with Gasteiger partial charge in [0, 0.05) is 6.42 Å². The van der Waals surface area contributed by atoms with E-state index < -0.39 is 0 Å². The molecule has 0 aliphatic rings. The van der Waals surface area contributed by atoms with Crippen molar-refractivity contribution in [1.29, 1.82) is 0 Å². The lowest BCUT2D eigenvalue weighted by atomic mass is 9.72. The molecule has 0 saturated heterocycles.